The average molecular weight is 266 g/mol. The quantitative estimate of drug-likeness (QED) is 0.896. The van der Waals surface area contributed by atoms with Crippen LogP contribution in [0.2, 0.25) is 0 Å². The Balaban J connectivity index is 2.07. The van der Waals surface area contributed by atoms with E-state index >= 15 is 0 Å². The van der Waals surface area contributed by atoms with Crippen molar-refractivity contribution in [2.75, 3.05) is 5.32 Å². The number of nitrogens with zero attached hydrogens (tertiary/aromatic N) is 1. The van der Waals surface area contributed by atoms with E-state index < -0.39 is 0 Å². The Hall–Kier alpha value is -1.29. The molecular formula is C11H12BrN3. The minimum Gasteiger partial charge on any atom is -0.379 e. The molecule has 0 aliphatic heterocycles. The van der Waals surface area contributed by atoms with E-state index in [1.165, 1.54) is 5.56 Å². The third-order valence-corrected chi connectivity index (χ3v) is 2.72. The van der Waals surface area contributed by atoms with Crippen molar-refractivity contribution in [3.05, 3.63) is 46.5 Å². The van der Waals surface area contributed by atoms with Gasteiger partial charge in [0.25, 0.3) is 0 Å². The highest BCUT2D eigenvalue weighted by Crippen LogP contribution is 2.20. The molecule has 15 heavy (non-hydrogen) atoms. The van der Waals surface area contributed by atoms with Crippen molar-refractivity contribution in [3.63, 3.8) is 0 Å². The van der Waals surface area contributed by atoms with Crippen LogP contribution < -0.4 is 5.32 Å². The van der Waals surface area contributed by atoms with Gasteiger partial charge in [-0.05, 0) is 24.6 Å². The standard InChI is InChI=1S/C11H12BrN3/c1-8-2-3-9(12)4-11(8)14-6-10-5-13-7-15-10/h2-5,7,14H,6H2,1H3,(H,13,15). The van der Waals surface area contributed by atoms with Gasteiger partial charge in [0.15, 0.2) is 0 Å². The maximum absolute atomic E-state index is 3.97. The summed E-state index contributed by atoms with van der Waals surface area (Å²) in [6.07, 6.45) is 3.51. The average Bonchev–Trinajstić information content (AvgIpc) is 2.72. The van der Waals surface area contributed by atoms with Crippen LogP contribution in [0.4, 0.5) is 5.69 Å². The summed E-state index contributed by atoms with van der Waals surface area (Å²) in [6.45, 7) is 2.85. The van der Waals surface area contributed by atoms with Crippen LogP contribution in [0.5, 0.6) is 0 Å². The Morgan fingerprint density at radius 1 is 1.47 bits per heavy atom. The van der Waals surface area contributed by atoms with E-state index in [1.54, 1.807) is 6.33 Å². The summed E-state index contributed by atoms with van der Waals surface area (Å²) in [5, 5.41) is 3.35. The van der Waals surface area contributed by atoms with Gasteiger partial charge >= 0.3 is 0 Å². The van der Waals surface area contributed by atoms with Gasteiger partial charge in [0, 0.05) is 16.4 Å². The van der Waals surface area contributed by atoms with Crippen molar-refractivity contribution >= 4 is 21.6 Å². The van der Waals surface area contributed by atoms with Gasteiger partial charge in [-0.3, -0.25) is 0 Å². The molecule has 0 saturated heterocycles. The number of H-pyrrole nitrogens is 1. The van der Waals surface area contributed by atoms with Crippen molar-refractivity contribution in [3.8, 4) is 0 Å². The lowest BCUT2D eigenvalue weighted by molar-refractivity contribution is 1.07. The van der Waals surface area contributed by atoms with Gasteiger partial charge in [-0.15, -0.1) is 0 Å². The summed E-state index contributed by atoms with van der Waals surface area (Å²) in [4.78, 5) is 7.03. The van der Waals surface area contributed by atoms with Crippen LogP contribution in [0, 0.1) is 6.92 Å². The summed E-state index contributed by atoms with van der Waals surface area (Å²) in [5.41, 5.74) is 3.45. The van der Waals surface area contributed by atoms with Crippen LogP contribution in [0.3, 0.4) is 0 Å². The van der Waals surface area contributed by atoms with Crippen LogP contribution >= 0.6 is 15.9 Å². The zero-order valence-corrected chi connectivity index (χ0v) is 10.0. The predicted molar refractivity (Wildman–Crippen MR) is 64.8 cm³/mol. The maximum Gasteiger partial charge on any atom is 0.0922 e. The lowest BCUT2D eigenvalue weighted by atomic mass is 10.2. The lowest BCUT2D eigenvalue weighted by Gasteiger charge is -2.08. The normalized spacial score (nSPS) is 10.3. The molecule has 2 rings (SSSR count). The van der Waals surface area contributed by atoms with Gasteiger partial charge in [-0.2, -0.15) is 0 Å². The molecule has 0 radical (unpaired) electrons. The van der Waals surface area contributed by atoms with E-state index in [-0.39, 0.29) is 0 Å². The zero-order chi connectivity index (χ0) is 10.7. The summed E-state index contributed by atoms with van der Waals surface area (Å²) < 4.78 is 1.08. The smallest absolute Gasteiger partial charge is 0.0922 e. The first kappa shape index (κ1) is 10.2. The Labute approximate surface area is 97.1 Å². The van der Waals surface area contributed by atoms with Gasteiger partial charge in [0.1, 0.15) is 0 Å². The number of aromatic nitrogens is 2. The fraction of sp³-hybridized carbons (Fsp3) is 0.182. The van der Waals surface area contributed by atoms with Crippen molar-refractivity contribution in [2.45, 2.75) is 13.5 Å². The third-order valence-electron chi connectivity index (χ3n) is 2.22. The SMILES string of the molecule is Cc1ccc(Br)cc1NCc1cnc[nH]1. The molecule has 0 spiro atoms. The number of halogens is 1. The second kappa shape index (κ2) is 4.49. The Kier molecular flexibility index (Phi) is 3.06. The first-order valence-electron chi connectivity index (χ1n) is 4.73. The van der Waals surface area contributed by atoms with E-state index in [4.69, 9.17) is 0 Å². The topological polar surface area (TPSA) is 40.7 Å². The third kappa shape index (κ3) is 2.59. The monoisotopic (exact) mass is 265 g/mol. The Morgan fingerprint density at radius 2 is 2.33 bits per heavy atom. The summed E-state index contributed by atoms with van der Waals surface area (Å²) in [5.74, 6) is 0. The van der Waals surface area contributed by atoms with Gasteiger partial charge < -0.3 is 10.3 Å². The highest BCUT2D eigenvalue weighted by molar-refractivity contribution is 9.10. The van der Waals surface area contributed by atoms with Crippen LogP contribution in [-0.2, 0) is 6.54 Å². The molecule has 2 N–H and O–H groups in total. The molecule has 0 aliphatic rings. The molecule has 1 aromatic heterocycles. The minimum atomic E-state index is 0.761. The molecule has 0 bridgehead atoms. The van der Waals surface area contributed by atoms with E-state index in [1.807, 2.05) is 12.3 Å². The number of aryl methyl sites for hydroxylation is 1. The minimum absolute atomic E-state index is 0.761. The number of hydrogen-bond acceptors (Lipinski definition) is 2. The van der Waals surface area contributed by atoms with Crippen molar-refractivity contribution in [1.82, 2.24) is 9.97 Å². The molecule has 0 fully saturated rings. The number of rotatable bonds is 3. The van der Waals surface area contributed by atoms with Gasteiger partial charge in [0.2, 0.25) is 0 Å². The molecule has 2 aromatic rings. The van der Waals surface area contributed by atoms with Gasteiger partial charge in [0.05, 0.1) is 18.6 Å². The fourth-order valence-corrected chi connectivity index (χ4v) is 1.72. The van der Waals surface area contributed by atoms with Crippen LogP contribution in [0.1, 0.15) is 11.3 Å². The highest BCUT2D eigenvalue weighted by Gasteiger charge is 1.99. The van der Waals surface area contributed by atoms with Crippen molar-refractivity contribution in [2.24, 2.45) is 0 Å². The Morgan fingerprint density at radius 3 is 3.07 bits per heavy atom. The molecule has 1 aromatic carbocycles. The van der Waals surface area contributed by atoms with E-state index in [9.17, 15) is 0 Å². The number of anilines is 1. The van der Waals surface area contributed by atoms with E-state index in [0.29, 0.717) is 0 Å². The van der Waals surface area contributed by atoms with Crippen LogP contribution in [0.25, 0.3) is 0 Å². The maximum atomic E-state index is 3.97. The Bertz CT molecular complexity index is 437. The molecule has 0 unspecified atom stereocenters. The molecular weight excluding hydrogens is 254 g/mol. The number of imidazole rings is 1. The molecule has 0 atom stereocenters. The van der Waals surface area contributed by atoms with Crippen LogP contribution in [-0.4, -0.2) is 9.97 Å². The van der Waals surface area contributed by atoms with E-state index in [2.05, 4.69) is 50.3 Å². The molecule has 1 heterocycles. The summed E-state index contributed by atoms with van der Waals surface area (Å²) >= 11 is 3.45. The molecule has 78 valence electrons. The second-order valence-corrected chi connectivity index (χ2v) is 4.31. The summed E-state index contributed by atoms with van der Waals surface area (Å²) in [6, 6.07) is 6.20. The van der Waals surface area contributed by atoms with Crippen LogP contribution in [0.15, 0.2) is 35.2 Å². The molecule has 0 amide bonds. The highest BCUT2D eigenvalue weighted by atomic mass is 79.9. The first-order valence-corrected chi connectivity index (χ1v) is 5.52. The van der Waals surface area contributed by atoms with Crippen molar-refractivity contribution < 1.29 is 0 Å². The first-order chi connectivity index (χ1) is 7.25. The summed E-state index contributed by atoms with van der Waals surface area (Å²) in [7, 11) is 0. The number of nitrogens with one attached hydrogen (secondary N) is 2. The number of hydrogen-bond donors (Lipinski definition) is 2. The largest absolute Gasteiger partial charge is 0.379 e. The molecule has 0 aliphatic carbocycles. The predicted octanol–water partition coefficient (Wildman–Crippen LogP) is 3.09. The fourth-order valence-electron chi connectivity index (χ4n) is 1.36. The van der Waals surface area contributed by atoms with Gasteiger partial charge in [-0.1, -0.05) is 22.0 Å². The zero-order valence-electron chi connectivity index (χ0n) is 8.42. The van der Waals surface area contributed by atoms with Crippen molar-refractivity contribution in [1.29, 1.82) is 0 Å². The van der Waals surface area contributed by atoms with Gasteiger partial charge in [-0.25, -0.2) is 4.98 Å². The number of aromatic amines is 1. The molecule has 3 nitrogen and oxygen atoms in total. The molecule has 0 saturated carbocycles. The van der Waals surface area contributed by atoms with E-state index in [0.717, 1.165) is 22.4 Å². The molecule has 4 heteroatoms. The second-order valence-electron chi connectivity index (χ2n) is 3.39. The lowest BCUT2D eigenvalue weighted by Crippen LogP contribution is -2.01. The number of benzene rings is 1.